The van der Waals surface area contributed by atoms with Crippen molar-refractivity contribution in [1.82, 2.24) is 34.7 Å². The van der Waals surface area contributed by atoms with Gasteiger partial charge in [-0.2, -0.15) is 5.10 Å². The molecule has 7 nitrogen and oxygen atoms in total. The summed E-state index contributed by atoms with van der Waals surface area (Å²) < 4.78 is 3.84. The minimum Gasteiger partial charge on any atom is -0.267 e. The lowest BCUT2D eigenvalue weighted by Gasteiger charge is -2.12. The van der Waals surface area contributed by atoms with E-state index in [0.29, 0.717) is 0 Å². The van der Waals surface area contributed by atoms with Crippen molar-refractivity contribution in [3.63, 3.8) is 0 Å². The zero-order valence-electron chi connectivity index (χ0n) is 12.3. The molecule has 3 aromatic rings. The summed E-state index contributed by atoms with van der Waals surface area (Å²) in [5.41, 5.74) is 3.81. The van der Waals surface area contributed by atoms with Crippen LogP contribution in [0.3, 0.4) is 0 Å². The third-order valence-electron chi connectivity index (χ3n) is 3.36. The van der Waals surface area contributed by atoms with Gasteiger partial charge in [-0.25, -0.2) is 14.6 Å². The summed E-state index contributed by atoms with van der Waals surface area (Å²) in [7, 11) is 0. The molecular formula is C14H17N7. The summed E-state index contributed by atoms with van der Waals surface area (Å²) in [5.74, 6) is 0. The summed E-state index contributed by atoms with van der Waals surface area (Å²) in [6.07, 6.45) is 6.87. The maximum absolute atomic E-state index is 4.48. The maximum atomic E-state index is 4.48. The number of aromatic nitrogens is 7. The molecule has 3 aromatic heterocycles. The van der Waals surface area contributed by atoms with Crippen LogP contribution >= 0.6 is 0 Å². The number of hydrogen-bond acceptors (Lipinski definition) is 5. The van der Waals surface area contributed by atoms with Gasteiger partial charge in [0.2, 0.25) is 0 Å². The Morgan fingerprint density at radius 3 is 2.62 bits per heavy atom. The van der Waals surface area contributed by atoms with E-state index < -0.39 is 0 Å². The number of rotatable bonds is 4. The van der Waals surface area contributed by atoms with Gasteiger partial charge in [0.15, 0.2) is 0 Å². The first-order valence-electron chi connectivity index (χ1n) is 6.82. The maximum Gasteiger partial charge on any atom is 0.116 e. The Balaban J connectivity index is 1.78. The second kappa shape index (κ2) is 5.43. The van der Waals surface area contributed by atoms with E-state index >= 15 is 0 Å². The molecule has 0 saturated carbocycles. The summed E-state index contributed by atoms with van der Waals surface area (Å²) in [4.78, 5) is 7.99. The van der Waals surface area contributed by atoms with Crippen molar-refractivity contribution in [3.05, 3.63) is 42.4 Å². The van der Waals surface area contributed by atoms with Crippen molar-refractivity contribution in [2.24, 2.45) is 0 Å². The van der Waals surface area contributed by atoms with Crippen LogP contribution in [0.25, 0.3) is 11.3 Å². The van der Waals surface area contributed by atoms with Gasteiger partial charge in [0.1, 0.15) is 12.0 Å². The fraction of sp³-hybridized carbons (Fsp3) is 0.357. The van der Waals surface area contributed by atoms with E-state index in [4.69, 9.17) is 0 Å². The molecular weight excluding hydrogens is 266 g/mol. The van der Waals surface area contributed by atoms with Crippen LogP contribution in [-0.2, 0) is 6.54 Å². The lowest BCUT2D eigenvalue weighted by Crippen LogP contribution is -2.15. The molecule has 0 bridgehead atoms. The average Bonchev–Trinajstić information content (AvgIpc) is 3.07. The Morgan fingerprint density at radius 1 is 1.19 bits per heavy atom. The van der Waals surface area contributed by atoms with E-state index in [1.807, 2.05) is 22.5 Å². The lowest BCUT2D eigenvalue weighted by molar-refractivity contribution is 0.392. The topological polar surface area (TPSA) is 74.3 Å². The average molecular weight is 283 g/mol. The minimum absolute atomic E-state index is 0.161. The molecule has 3 rings (SSSR count). The fourth-order valence-corrected chi connectivity index (χ4v) is 2.25. The minimum atomic E-state index is 0.161. The van der Waals surface area contributed by atoms with E-state index in [9.17, 15) is 0 Å². The largest absolute Gasteiger partial charge is 0.267 e. The van der Waals surface area contributed by atoms with E-state index in [2.05, 4.69) is 45.3 Å². The van der Waals surface area contributed by atoms with Crippen LogP contribution in [0.5, 0.6) is 0 Å². The highest BCUT2D eigenvalue weighted by Gasteiger charge is 2.12. The molecule has 0 spiro atoms. The zero-order chi connectivity index (χ0) is 14.8. The van der Waals surface area contributed by atoms with Crippen LogP contribution in [-0.4, -0.2) is 34.7 Å². The summed E-state index contributed by atoms with van der Waals surface area (Å²) >= 11 is 0. The van der Waals surface area contributed by atoms with Gasteiger partial charge in [0.05, 0.1) is 24.5 Å². The predicted molar refractivity (Wildman–Crippen MR) is 77.5 cm³/mol. The zero-order valence-corrected chi connectivity index (χ0v) is 12.3. The van der Waals surface area contributed by atoms with Gasteiger partial charge < -0.3 is 0 Å². The van der Waals surface area contributed by atoms with E-state index in [1.54, 1.807) is 12.4 Å². The normalized spacial score (nSPS) is 12.5. The number of hydrogen-bond donors (Lipinski definition) is 0. The van der Waals surface area contributed by atoms with Crippen LogP contribution in [0, 0.1) is 13.8 Å². The SMILES string of the molecule is Cc1cc(C)n(C[C@H](C)n2cc(-c3cncnc3)nn2)n1. The number of nitrogens with zero attached hydrogens (tertiary/aromatic N) is 7. The van der Waals surface area contributed by atoms with E-state index in [1.165, 1.54) is 6.33 Å². The Labute approximate surface area is 122 Å². The van der Waals surface area contributed by atoms with Gasteiger partial charge in [0.25, 0.3) is 0 Å². The molecule has 0 amide bonds. The van der Waals surface area contributed by atoms with Crippen LogP contribution in [0.15, 0.2) is 31.0 Å². The monoisotopic (exact) mass is 283 g/mol. The third-order valence-corrected chi connectivity index (χ3v) is 3.36. The molecule has 108 valence electrons. The second-order valence-corrected chi connectivity index (χ2v) is 5.17. The summed E-state index contributed by atoms with van der Waals surface area (Å²) in [5, 5.41) is 12.9. The van der Waals surface area contributed by atoms with Crippen LogP contribution < -0.4 is 0 Å². The molecule has 3 heterocycles. The first kappa shape index (κ1) is 13.4. The molecule has 1 atom stereocenters. The van der Waals surface area contributed by atoms with E-state index in [-0.39, 0.29) is 6.04 Å². The summed E-state index contributed by atoms with van der Waals surface area (Å²) in [6, 6.07) is 2.23. The highest BCUT2D eigenvalue weighted by molar-refractivity contribution is 5.54. The van der Waals surface area contributed by atoms with Crippen molar-refractivity contribution in [2.75, 3.05) is 0 Å². The number of aryl methyl sites for hydroxylation is 2. The van der Waals surface area contributed by atoms with Gasteiger partial charge >= 0.3 is 0 Å². The van der Waals surface area contributed by atoms with Crippen molar-refractivity contribution >= 4 is 0 Å². The molecule has 0 saturated heterocycles. The van der Waals surface area contributed by atoms with Crippen molar-refractivity contribution in [2.45, 2.75) is 33.4 Å². The standard InChI is InChI=1S/C14H17N7/c1-10-4-11(2)20(18-10)7-12(3)21-8-14(17-19-21)13-5-15-9-16-6-13/h4-6,8-9,12H,7H2,1-3H3/t12-/m0/s1. The molecule has 0 radical (unpaired) electrons. The van der Waals surface area contributed by atoms with Gasteiger partial charge in [-0.05, 0) is 26.8 Å². The molecule has 7 heteroatoms. The van der Waals surface area contributed by atoms with Crippen molar-refractivity contribution in [1.29, 1.82) is 0 Å². The molecule has 0 N–H and O–H groups in total. The molecule has 0 unspecified atom stereocenters. The first-order valence-corrected chi connectivity index (χ1v) is 6.82. The van der Waals surface area contributed by atoms with Gasteiger partial charge in [-0.1, -0.05) is 5.21 Å². The molecule has 0 fully saturated rings. The van der Waals surface area contributed by atoms with Gasteiger partial charge in [0, 0.05) is 23.7 Å². The van der Waals surface area contributed by atoms with Crippen molar-refractivity contribution in [3.8, 4) is 11.3 Å². The molecule has 0 aliphatic carbocycles. The highest BCUT2D eigenvalue weighted by atomic mass is 15.4. The van der Waals surface area contributed by atoms with Crippen LogP contribution in [0.2, 0.25) is 0 Å². The predicted octanol–water partition coefficient (Wildman–Crippen LogP) is 1.81. The Kier molecular flexibility index (Phi) is 3.47. The third kappa shape index (κ3) is 2.81. The smallest absolute Gasteiger partial charge is 0.116 e. The Bertz CT molecular complexity index is 729. The molecule has 0 aliphatic heterocycles. The van der Waals surface area contributed by atoms with Crippen molar-refractivity contribution < 1.29 is 0 Å². The first-order chi connectivity index (χ1) is 10.1. The Hall–Kier alpha value is -2.57. The molecule has 0 aliphatic rings. The molecule has 0 aromatic carbocycles. The fourth-order valence-electron chi connectivity index (χ4n) is 2.25. The quantitative estimate of drug-likeness (QED) is 0.730. The highest BCUT2D eigenvalue weighted by Crippen LogP contribution is 2.16. The Morgan fingerprint density at radius 2 is 1.95 bits per heavy atom. The summed E-state index contributed by atoms with van der Waals surface area (Å²) in [6.45, 7) is 6.90. The van der Waals surface area contributed by atoms with Gasteiger partial charge in [-0.3, -0.25) is 4.68 Å². The molecule has 21 heavy (non-hydrogen) atoms. The van der Waals surface area contributed by atoms with E-state index in [0.717, 1.165) is 29.2 Å². The van der Waals surface area contributed by atoms with Crippen LogP contribution in [0.1, 0.15) is 24.4 Å². The second-order valence-electron chi connectivity index (χ2n) is 5.17. The lowest BCUT2D eigenvalue weighted by atomic mass is 10.2. The van der Waals surface area contributed by atoms with Gasteiger partial charge in [-0.15, -0.1) is 5.10 Å². The van der Waals surface area contributed by atoms with Crippen LogP contribution in [0.4, 0.5) is 0 Å².